The van der Waals surface area contributed by atoms with E-state index in [4.69, 9.17) is 0 Å². The van der Waals surface area contributed by atoms with Gasteiger partial charge in [-0.1, -0.05) is 38.1 Å². The van der Waals surface area contributed by atoms with Crippen molar-refractivity contribution in [2.24, 2.45) is 5.92 Å². The summed E-state index contributed by atoms with van der Waals surface area (Å²) < 4.78 is 0. The molecule has 0 aliphatic rings. The molecule has 0 fully saturated rings. The first-order chi connectivity index (χ1) is 7.59. The van der Waals surface area contributed by atoms with Gasteiger partial charge >= 0.3 is 0 Å². The fourth-order valence-electron chi connectivity index (χ4n) is 1.30. The third-order valence-electron chi connectivity index (χ3n) is 2.29. The van der Waals surface area contributed by atoms with E-state index in [1.165, 1.54) is 5.56 Å². The van der Waals surface area contributed by atoms with Crippen molar-refractivity contribution in [3.05, 3.63) is 41.5 Å². The quantitative estimate of drug-likeness (QED) is 0.772. The Morgan fingerprint density at radius 3 is 2.69 bits per heavy atom. The summed E-state index contributed by atoms with van der Waals surface area (Å²) in [7, 11) is 0. The average Bonchev–Trinajstić information content (AvgIpc) is 2.25. The molecule has 1 amide bonds. The monoisotopic (exact) mass is 217 g/mol. The van der Waals surface area contributed by atoms with E-state index < -0.39 is 0 Å². The molecule has 1 aromatic carbocycles. The van der Waals surface area contributed by atoms with Gasteiger partial charge in [0.25, 0.3) is 0 Å². The zero-order chi connectivity index (χ0) is 12.0. The maximum absolute atomic E-state index is 11.4. The highest BCUT2D eigenvalue weighted by Crippen LogP contribution is 2.08. The number of nitrogens with one attached hydrogen (secondary N) is 1. The first kappa shape index (κ1) is 12.5. The summed E-state index contributed by atoms with van der Waals surface area (Å²) in [4.78, 5) is 11.4. The van der Waals surface area contributed by atoms with Crippen molar-refractivity contribution in [1.29, 1.82) is 0 Å². The lowest BCUT2D eigenvalue weighted by Gasteiger charge is -2.04. The highest BCUT2D eigenvalue weighted by atomic mass is 16.1. The van der Waals surface area contributed by atoms with Crippen molar-refractivity contribution in [3.8, 4) is 0 Å². The van der Waals surface area contributed by atoms with E-state index in [-0.39, 0.29) is 5.91 Å². The Hall–Kier alpha value is -1.57. The van der Waals surface area contributed by atoms with Gasteiger partial charge < -0.3 is 5.32 Å². The minimum Gasteiger partial charge on any atom is -0.352 e. The first-order valence-electron chi connectivity index (χ1n) is 5.61. The first-order valence-corrected chi connectivity index (χ1v) is 5.61. The maximum atomic E-state index is 11.4. The second-order valence-corrected chi connectivity index (χ2v) is 4.33. The summed E-state index contributed by atoms with van der Waals surface area (Å²) >= 11 is 0. The van der Waals surface area contributed by atoms with Crippen LogP contribution in [0.5, 0.6) is 0 Å². The standard InChI is InChI=1S/C14H19NO/c1-11(2)10-15-14(16)9-8-13-7-5-4-6-12(13)3/h4-9,11H,10H2,1-3H3,(H,15,16). The Morgan fingerprint density at radius 1 is 1.38 bits per heavy atom. The third-order valence-corrected chi connectivity index (χ3v) is 2.29. The summed E-state index contributed by atoms with van der Waals surface area (Å²) in [5.74, 6) is 0.452. The molecule has 0 radical (unpaired) electrons. The number of aryl methyl sites for hydroxylation is 1. The van der Waals surface area contributed by atoms with Gasteiger partial charge in [0, 0.05) is 12.6 Å². The molecular formula is C14H19NO. The van der Waals surface area contributed by atoms with Crippen LogP contribution in [-0.2, 0) is 4.79 Å². The molecule has 1 aromatic rings. The molecule has 0 aromatic heterocycles. The van der Waals surface area contributed by atoms with Gasteiger partial charge in [-0.05, 0) is 30.0 Å². The third kappa shape index (κ3) is 4.30. The lowest BCUT2D eigenvalue weighted by molar-refractivity contribution is -0.116. The van der Waals surface area contributed by atoms with Crippen LogP contribution in [0.3, 0.4) is 0 Å². The zero-order valence-corrected chi connectivity index (χ0v) is 10.2. The summed E-state index contributed by atoms with van der Waals surface area (Å²) in [5.41, 5.74) is 2.26. The minimum absolute atomic E-state index is 0.0306. The van der Waals surface area contributed by atoms with Gasteiger partial charge in [-0.3, -0.25) is 4.79 Å². The van der Waals surface area contributed by atoms with Crippen molar-refractivity contribution >= 4 is 12.0 Å². The zero-order valence-electron chi connectivity index (χ0n) is 10.2. The van der Waals surface area contributed by atoms with Crippen LogP contribution in [0.15, 0.2) is 30.3 Å². The lowest BCUT2D eigenvalue weighted by atomic mass is 10.1. The Bertz CT molecular complexity index is 380. The van der Waals surface area contributed by atoms with Gasteiger partial charge in [0.05, 0.1) is 0 Å². The maximum Gasteiger partial charge on any atom is 0.244 e. The lowest BCUT2D eigenvalue weighted by Crippen LogP contribution is -2.25. The summed E-state index contributed by atoms with van der Waals surface area (Å²) in [6.45, 7) is 6.90. The Morgan fingerprint density at radius 2 is 2.06 bits per heavy atom. The Labute approximate surface area is 97.4 Å². The number of amides is 1. The Kier molecular flexibility index (Phi) is 4.77. The van der Waals surface area contributed by atoms with Crippen LogP contribution in [-0.4, -0.2) is 12.5 Å². The molecule has 0 bridgehead atoms. The number of carbonyl (C=O) groups is 1. The molecule has 0 atom stereocenters. The van der Waals surface area contributed by atoms with Crippen LogP contribution in [0.2, 0.25) is 0 Å². The molecule has 0 aliphatic carbocycles. The molecule has 1 N–H and O–H groups in total. The van der Waals surface area contributed by atoms with Gasteiger partial charge in [-0.2, -0.15) is 0 Å². The van der Waals surface area contributed by atoms with Crippen LogP contribution in [0.1, 0.15) is 25.0 Å². The highest BCUT2D eigenvalue weighted by molar-refractivity contribution is 5.91. The van der Waals surface area contributed by atoms with Gasteiger partial charge in [0.1, 0.15) is 0 Å². The van der Waals surface area contributed by atoms with E-state index in [9.17, 15) is 4.79 Å². The smallest absolute Gasteiger partial charge is 0.244 e. The number of benzene rings is 1. The molecule has 0 saturated carbocycles. The van der Waals surface area contributed by atoms with Crippen LogP contribution in [0.4, 0.5) is 0 Å². The molecule has 0 heterocycles. The molecule has 86 valence electrons. The molecule has 0 unspecified atom stereocenters. The Balaban J connectivity index is 2.54. The van der Waals surface area contributed by atoms with Crippen molar-refractivity contribution in [2.45, 2.75) is 20.8 Å². The normalized spacial score (nSPS) is 11.0. The number of hydrogen-bond donors (Lipinski definition) is 1. The van der Waals surface area contributed by atoms with Gasteiger partial charge in [-0.25, -0.2) is 0 Å². The number of carbonyl (C=O) groups excluding carboxylic acids is 1. The van der Waals surface area contributed by atoms with Crippen LogP contribution in [0, 0.1) is 12.8 Å². The van der Waals surface area contributed by atoms with Gasteiger partial charge in [-0.15, -0.1) is 0 Å². The van der Waals surface area contributed by atoms with E-state index in [0.717, 1.165) is 12.1 Å². The molecule has 0 aliphatic heterocycles. The highest BCUT2D eigenvalue weighted by Gasteiger charge is 1.97. The van der Waals surface area contributed by atoms with E-state index in [0.29, 0.717) is 5.92 Å². The SMILES string of the molecule is Cc1ccccc1C=CC(=O)NCC(C)C. The average molecular weight is 217 g/mol. The molecule has 2 heteroatoms. The number of rotatable bonds is 4. The fourth-order valence-corrected chi connectivity index (χ4v) is 1.30. The molecular weight excluding hydrogens is 198 g/mol. The van der Waals surface area contributed by atoms with Crippen molar-refractivity contribution in [2.75, 3.05) is 6.54 Å². The topological polar surface area (TPSA) is 29.1 Å². The van der Waals surface area contributed by atoms with Crippen molar-refractivity contribution in [1.82, 2.24) is 5.32 Å². The van der Waals surface area contributed by atoms with Gasteiger partial charge in [0.15, 0.2) is 0 Å². The summed E-state index contributed by atoms with van der Waals surface area (Å²) in [6.07, 6.45) is 3.44. The van der Waals surface area contributed by atoms with Gasteiger partial charge in [0.2, 0.25) is 5.91 Å². The van der Waals surface area contributed by atoms with Crippen LogP contribution >= 0.6 is 0 Å². The van der Waals surface area contributed by atoms with E-state index in [1.54, 1.807) is 6.08 Å². The molecule has 0 spiro atoms. The molecule has 0 saturated heterocycles. The minimum atomic E-state index is -0.0306. The molecule has 16 heavy (non-hydrogen) atoms. The van der Waals surface area contributed by atoms with Crippen LogP contribution < -0.4 is 5.32 Å². The molecule has 1 rings (SSSR count). The fraction of sp³-hybridized carbons (Fsp3) is 0.357. The predicted octanol–water partition coefficient (Wildman–Crippen LogP) is 2.78. The van der Waals surface area contributed by atoms with Crippen molar-refractivity contribution in [3.63, 3.8) is 0 Å². The number of hydrogen-bond acceptors (Lipinski definition) is 1. The summed E-state index contributed by atoms with van der Waals surface area (Å²) in [5, 5.41) is 2.85. The second kappa shape index (κ2) is 6.11. The molecule has 2 nitrogen and oxygen atoms in total. The van der Waals surface area contributed by atoms with Crippen LogP contribution in [0.25, 0.3) is 6.08 Å². The van der Waals surface area contributed by atoms with E-state index in [2.05, 4.69) is 19.2 Å². The second-order valence-electron chi connectivity index (χ2n) is 4.33. The van der Waals surface area contributed by atoms with E-state index in [1.807, 2.05) is 37.3 Å². The predicted molar refractivity (Wildman–Crippen MR) is 68.1 cm³/mol. The van der Waals surface area contributed by atoms with E-state index >= 15 is 0 Å². The largest absolute Gasteiger partial charge is 0.352 e. The van der Waals surface area contributed by atoms with Crippen molar-refractivity contribution < 1.29 is 4.79 Å². The summed E-state index contributed by atoms with van der Waals surface area (Å²) in [6, 6.07) is 8.00.